The maximum Gasteiger partial charge on any atom is 0.269 e. The minimum atomic E-state index is -4.41. The zero-order chi connectivity index (χ0) is 13.8. The van der Waals surface area contributed by atoms with E-state index >= 15 is 0 Å². The van der Waals surface area contributed by atoms with Crippen LogP contribution in [-0.2, 0) is 28.3 Å². The summed E-state index contributed by atoms with van der Waals surface area (Å²) >= 11 is 1.51. The first kappa shape index (κ1) is 15.0. The summed E-state index contributed by atoms with van der Waals surface area (Å²) in [6, 6.07) is 7.96. The molecule has 1 heterocycles. The molecule has 0 aliphatic rings. The van der Waals surface area contributed by atoms with Gasteiger partial charge >= 0.3 is 0 Å². The van der Waals surface area contributed by atoms with Crippen LogP contribution in [0, 0.1) is 0 Å². The molecule has 8 heteroatoms. The normalized spacial score (nSPS) is 11.1. The summed E-state index contributed by atoms with van der Waals surface area (Å²) in [6.07, 6.45) is 0. The minimum absolute atomic E-state index is 0.379. The summed E-state index contributed by atoms with van der Waals surface area (Å²) in [5.74, 6) is 0. The van der Waals surface area contributed by atoms with E-state index in [4.69, 9.17) is 0 Å². The third-order valence-electron chi connectivity index (χ3n) is 2.15. The Balaban J connectivity index is 0.000000232. The van der Waals surface area contributed by atoms with Crippen LogP contribution in [0.1, 0.15) is 5.01 Å². The molecule has 0 aliphatic carbocycles. The SMILES string of the molecule is COS(=O)(=O)[O-].C[n+]1c(CF)sc2ccccc21. The third-order valence-corrected chi connectivity index (χ3v) is 3.74. The molecule has 100 valence electrons. The second kappa shape index (κ2) is 6.19. The fraction of sp³-hybridized carbons (Fsp3) is 0.300. The number of aromatic nitrogens is 1. The number of aryl methyl sites for hydroxylation is 1. The van der Waals surface area contributed by atoms with Crippen molar-refractivity contribution in [1.82, 2.24) is 0 Å². The number of hydrogen-bond donors (Lipinski definition) is 0. The molecule has 1 aromatic carbocycles. The fourth-order valence-electron chi connectivity index (χ4n) is 1.27. The summed E-state index contributed by atoms with van der Waals surface area (Å²) in [6.45, 7) is -0.379. The molecular formula is C10H12FNO4S2. The topological polar surface area (TPSA) is 70.3 Å². The molecule has 0 bridgehead atoms. The van der Waals surface area contributed by atoms with Gasteiger partial charge in [0.05, 0.1) is 7.11 Å². The third kappa shape index (κ3) is 3.98. The number of fused-ring (bicyclic) bond motifs is 1. The van der Waals surface area contributed by atoms with Crippen molar-refractivity contribution in [2.75, 3.05) is 7.11 Å². The van der Waals surface area contributed by atoms with Crippen molar-refractivity contribution < 1.29 is 26.1 Å². The van der Waals surface area contributed by atoms with Gasteiger partial charge in [0, 0.05) is 6.07 Å². The highest BCUT2D eigenvalue weighted by atomic mass is 32.3. The van der Waals surface area contributed by atoms with Crippen LogP contribution in [-0.4, -0.2) is 20.1 Å². The Morgan fingerprint density at radius 1 is 1.44 bits per heavy atom. The number of rotatable bonds is 2. The fourth-order valence-corrected chi connectivity index (χ4v) is 2.27. The predicted molar refractivity (Wildman–Crippen MR) is 64.5 cm³/mol. The van der Waals surface area contributed by atoms with Crippen molar-refractivity contribution in [3.05, 3.63) is 29.3 Å². The molecule has 0 N–H and O–H groups in total. The molecule has 0 fully saturated rings. The number of thiazole rings is 1. The van der Waals surface area contributed by atoms with Gasteiger partial charge in [-0.25, -0.2) is 12.8 Å². The van der Waals surface area contributed by atoms with Crippen molar-refractivity contribution in [1.29, 1.82) is 0 Å². The molecule has 1 aromatic heterocycles. The standard InChI is InChI=1S/C9H9FNS.CH4O4S/c1-11-7-4-2-3-5-8(7)12-9(11)6-10;1-5-6(2,3)4/h2-5H,6H2,1H3;1H3,(H,2,3,4)/q+1;/p-1. The smallest absolute Gasteiger partial charge is 0.269 e. The maximum atomic E-state index is 12.4. The van der Waals surface area contributed by atoms with Crippen LogP contribution in [0.2, 0.25) is 0 Å². The molecule has 0 amide bonds. The lowest BCUT2D eigenvalue weighted by atomic mass is 10.3. The number of benzene rings is 1. The zero-order valence-electron chi connectivity index (χ0n) is 9.79. The second-order valence-electron chi connectivity index (χ2n) is 3.23. The van der Waals surface area contributed by atoms with Gasteiger partial charge in [0.1, 0.15) is 11.7 Å². The van der Waals surface area contributed by atoms with E-state index in [1.165, 1.54) is 11.3 Å². The van der Waals surface area contributed by atoms with E-state index in [9.17, 15) is 17.4 Å². The van der Waals surface area contributed by atoms with E-state index < -0.39 is 10.4 Å². The van der Waals surface area contributed by atoms with Gasteiger partial charge in [-0.1, -0.05) is 23.5 Å². The highest BCUT2D eigenvalue weighted by Gasteiger charge is 2.14. The molecule has 18 heavy (non-hydrogen) atoms. The molecule has 0 saturated carbocycles. The number of nitrogens with zero attached hydrogens (tertiary/aromatic N) is 1. The molecular weight excluding hydrogens is 281 g/mol. The van der Waals surface area contributed by atoms with E-state index in [0.29, 0.717) is 0 Å². The Morgan fingerprint density at radius 3 is 2.44 bits per heavy atom. The van der Waals surface area contributed by atoms with Gasteiger partial charge in [-0.3, -0.25) is 4.18 Å². The molecule has 0 radical (unpaired) electrons. The minimum Gasteiger partial charge on any atom is -0.726 e. The number of hydrogen-bond acceptors (Lipinski definition) is 5. The maximum absolute atomic E-state index is 12.4. The van der Waals surface area contributed by atoms with Crippen molar-refractivity contribution >= 4 is 32.0 Å². The van der Waals surface area contributed by atoms with E-state index in [2.05, 4.69) is 4.18 Å². The van der Waals surface area contributed by atoms with Crippen LogP contribution in [0.3, 0.4) is 0 Å². The Labute approximate surface area is 108 Å². The summed E-state index contributed by atoms with van der Waals surface area (Å²) < 4.78 is 46.5. The van der Waals surface area contributed by atoms with Crippen LogP contribution in [0.25, 0.3) is 10.2 Å². The van der Waals surface area contributed by atoms with Crippen LogP contribution in [0.15, 0.2) is 24.3 Å². The van der Waals surface area contributed by atoms with E-state index in [-0.39, 0.29) is 6.67 Å². The largest absolute Gasteiger partial charge is 0.726 e. The van der Waals surface area contributed by atoms with Crippen molar-refractivity contribution in [2.45, 2.75) is 6.67 Å². The monoisotopic (exact) mass is 293 g/mol. The van der Waals surface area contributed by atoms with Crippen LogP contribution in [0.4, 0.5) is 4.39 Å². The first-order chi connectivity index (χ1) is 8.39. The van der Waals surface area contributed by atoms with Crippen molar-refractivity contribution in [3.63, 3.8) is 0 Å². The van der Waals surface area contributed by atoms with Crippen LogP contribution < -0.4 is 4.57 Å². The molecule has 0 aliphatic heterocycles. The van der Waals surface area contributed by atoms with Gasteiger partial charge in [0.2, 0.25) is 15.9 Å². The average molecular weight is 293 g/mol. The van der Waals surface area contributed by atoms with Gasteiger partial charge in [-0.05, 0) is 6.07 Å². The Kier molecular flexibility index (Phi) is 5.15. The molecule has 2 aromatic rings. The van der Waals surface area contributed by atoms with Crippen LogP contribution >= 0.6 is 11.3 Å². The second-order valence-corrected chi connectivity index (χ2v) is 5.50. The lowest BCUT2D eigenvalue weighted by molar-refractivity contribution is -0.649. The highest BCUT2D eigenvalue weighted by molar-refractivity contribution is 7.80. The molecule has 2 rings (SSSR count). The highest BCUT2D eigenvalue weighted by Crippen LogP contribution is 2.19. The van der Waals surface area contributed by atoms with Gasteiger partial charge in [0.15, 0.2) is 6.67 Å². The number of halogens is 1. The molecule has 0 unspecified atom stereocenters. The zero-order valence-corrected chi connectivity index (χ0v) is 11.4. The van der Waals surface area contributed by atoms with Crippen molar-refractivity contribution in [2.24, 2.45) is 7.05 Å². The summed E-state index contributed by atoms with van der Waals surface area (Å²) in [7, 11) is -1.71. The molecule has 5 nitrogen and oxygen atoms in total. The summed E-state index contributed by atoms with van der Waals surface area (Å²) in [4.78, 5) is 0. The predicted octanol–water partition coefficient (Wildman–Crippen LogP) is 1.29. The van der Waals surface area contributed by atoms with Crippen molar-refractivity contribution in [3.8, 4) is 0 Å². The van der Waals surface area contributed by atoms with Gasteiger partial charge in [-0.15, -0.1) is 0 Å². The van der Waals surface area contributed by atoms with E-state index in [1.54, 1.807) is 0 Å². The average Bonchev–Trinajstić information content (AvgIpc) is 2.67. The first-order valence-electron chi connectivity index (χ1n) is 4.83. The summed E-state index contributed by atoms with van der Waals surface area (Å²) in [5.41, 5.74) is 1.11. The van der Waals surface area contributed by atoms with E-state index in [1.807, 2.05) is 35.9 Å². The lowest BCUT2D eigenvalue weighted by Crippen LogP contribution is -2.29. The van der Waals surface area contributed by atoms with Gasteiger partial charge in [0.25, 0.3) is 5.01 Å². The number of alkyl halides is 1. The Morgan fingerprint density at radius 2 is 2.00 bits per heavy atom. The first-order valence-corrected chi connectivity index (χ1v) is 6.98. The molecule has 0 atom stereocenters. The van der Waals surface area contributed by atoms with Gasteiger partial charge < -0.3 is 4.55 Å². The molecule has 0 spiro atoms. The molecule has 0 saturated heterocycles. The number of para-hydroxylation sites is 1. The van der Waals surface area contributed by atoms with Crippen LogP contribution in [0.5, 0.6) is 0 Å². The summed E-state index contributed by atoms with van der Waals surface area (Å²) in [5, 5.41) is 0.774. The van der Waals surface area contributed by atoms with E-state index in [0.717, 1.165) is 22.3 Å². The van der Waals surface area contributed by atoms with Gasteiger partial charge in [-0.2, -0.15) is 4.57 Å². The quantitative estimate of drug-likeness (QED) is 0.475. The lowest BCUT2D eigenvalue weighted by Gasteiger charge is -1.98. The Bertz CT molecular complexity index is 624. The Hall–Kier alpha value is -1.09.